The Morgan fingerprint density at radius 1 is 1.11 bits per heavy atom. The monoisotopic (exact) mass is 258 g/mol. The minimum absolute atomic E-state index is 0.120. The van der Waals surface area contributed by atoms with Gasteiger partial charge in [0.25, 0.3) is 0 Å². The quantitative estimate of drug-likeness (QED) is 0.622. The molecule has 0 saturated carbocycles. The Balaban J connectivity index is 2.67. The van der Waals surface area contributed by atoms with Crippen molar-refractivity contribution in [1.82, 2.24) is 0 Å². The van der Waals surface area contributed by atoms with Crippen molar-refractivity contribution in [2.75, 3.05) is 0 Å². The van der Waals surface area contributed by atoms with Crippen LogP contribution < -0.4 is 0 Å². The van der Waals surface area contributed by atoms with Crippen LogP contribution in [-0.4, -0.2) is 27.7 Å². The Morgan fingerprint density at radius 3 is 2.26 bits per heavy atom. The van der Waals surface area contributed by atoms with Gasteiger partial charge in [0.2, 0.25) is 11.6 Å². The van der Waals surface area contributed by atoms with Gasteiger partial charge in [-0.25, -0.2) is 4.79 Å². The third-order valence-corrected chi connectivity index (χ3v) is 2.83. The van der Waals surface area contributed by atoms with Gasteiger partial charge in [-0.1, -0.05) is 24.3 Å². The molecule has 0 heterocycles. The number of aliphatic carboxylic acids is 1. The van der Waals surface area contributed by atoms with E-state index in [1.54, 1.807) is 12.1 Å². The van der Waals surface area contributed by atoms with E-state index in [4.69, 9.17) is 5.11 Å². The Hall–Kier alpha value is -2.69. The van der Waals surface area contributed by atoms with Crippen LogP contribution in [0.5, 0.6) is 0 Å². The van der Waals surface area contributed by atoms with E-state index in [1.165, 1.54) is 19.1 Å². The molecule has 19 heavy (non-hydrogen) atoms. The highest BCUT2D eigenvalue weighted by Gasteiger charge is 2.31. The number of hydrogen-bond donors (Lipinski definition) is 2. The van der Waals surface area contributed by atoms with Crippen molar-refractivity contribution in [3.63, 3.8) is 0 Å². The molecule has 0 unspecified atom stereocenters. The molecule has 2 rings (SSSR count). The average Bonchev–Trinajstić information content (AvgIpc) is 2.40. The fraction of sp³-hybridized carbons (Fsp3) is 0.0714. The van der Waals surface area contributed by atoms with E-state index in [-0.39, 0.29) is 28.0 Å². The number of hydrogen-bond acceptors (Lipinski definition) is 4. The summed E-state index contributed by atoms with van der Waals surface area (Å²) in [6.45, 7) is 1.28. The third-order valence-electron chi connectivity index (χ3n) is 2.83. The van der Waals surface area contributed by atoms with E-state index < -0.39 is 17.5 Å². The standard InChI is InChI=1S/C14H10O5/c1-7(14(18)19)6-10-11(15)8-4-2-3-5-9(8)12(16)13(10)17/h2-6,15H,1H3,(H,18,19)/b7-6+. The van der Waals surface area contributed by atoms with Gasteiger partial charge in [0.1, 0.15) is 5.76 Å². The lowest BCUT2D eigenvalue weighted by Crippen LogP contribution is -2.23. The van der Waals surface area contributed by atoms with Crippen LogP contribution in [0.25, 0.3) is 5.76 Å². The van der Waals surface area contributed by atoms with Crippen LogP contribution in [0.15, 0.2) is 41.5 Å². The number of aliphatic hydroxyl groups excluding tert-OH is 1. The molecule has 0 amide bonds. The lowest BCUT2D eigenvalue weighted by molar-refractivity contribution is -0.132. The number of aliphatic hydroxyl groups is 1. The third kappa shape index (κ3) is 2.06. The number of carbonyl (C=O) groups excluding carboxylic acids is 2. The summed E-state index contributed by atoms with van der Waals surface area (Å²) in [4.78, 5) is 34.4. The van der Waals surface area contributed by atoms with Crippen molar-refractivity contribution in [3.05, 3.63) is 52.6 Å². The molecular formula is C14H10O5. The summed E-state index contributed by atoms with van der Waals surface area (Å²) in [5.74, 6) is -3.25. The van der Waals surface area contributed by atoms with Gasteiger partial charge in [-0.3, -0.25) is 9.59 Å². The molecule has 5 heteroatoms. The zero-order valence-electron chi connectivity index (χ0n) is 10.0. The average molecular weight is 258 g/mol. The first-order valence-electron chi connectivity index (χ1n) is 5.46. The second-order valence-electron chi connectivity index (χ2n) is 4.10. The summed E-state index contributed by atoms with van der Waals surface area (Å²) >= 11 is 0. The summed E-state index contributed by atoms with van der Waals surface area (Å²) < 4.78 is 0. The highest BCUT2D eigenvalue weighted by molar-refractivity contribution is 6.52. The van der Waals surface area contributed by atoms with Crippen LogP contribution >= 0.6 is 0 Å². The molecule has 0 fully saturated rings. The molecule has 1 aromatic rings. The van der Waals surface area contributed by atoms with Gasteiger partial charge in [-0.05, 0) is 13.0 Å². The van der Waals surface area contributed by atoms with Gasteiger partial charge in [-0.15, -0.1) is 0 Å². The Labute approximate surface area is 108 Å². The van der Waals surface area contributed by atoms with Crippen LogP contribution in [0.3, 0.4) is 0 Å². The summed E-state index contributed by atoms with van der Waals surface area (Å²) in [6, 6.07) is 6.14. The number of rotatable bonds is 2. The van der Waals surface area contributed by atoms with Crippen molar-refractivity contribution in [1.29, 1.82) is 0 Å². The maximum atomic E-state index is 11.9. The SMILES string of the molecule is C/C(=C\C1=C(O)c2ccccc2C(=O)C1=O)C(=O)O. The van der Waals surface area contributed by atoms with Gasteiger partial charge in [-0.2, -0.15) is 0 Å². The molecule has 0 aromatic heterocycles. The lowest BCUT2D eigenvalue weighted by Gasteiger charge is -2.15. The fourth-order valence-corrected chi connectivity index (χ4v) is 1.80. The number of benzene rings is 1. The number of carboxylic acids is 1. The molecule has 0 aliphatic heterocycles. The molecule has 2 N–H and O–H groups in total. The fourth-order valence-electron chi connectivity index (χ4n) is 1.80. The van der Waals surface area contributed by atoms with Crippen molar-refractivity contribution in [2.24, 2.45) is 0 Å². The molecule has 0 radical (unpaired) electrons. The molecule has 1 aliphatic rings. The van der Waals surface area contributed by atoms with E-state index in [0.29, 0.717) is 0 Å². The van der Waals surface area contributed by atoms with Gasteiger partial charge in [0.15, 0.2) is 0 Å². The first-order valence-corrected chi connectivity index (χ1v) is 5.46. The van der Waals surface area contributed by atoms with Gasteiger partial charge in [0.05, 0.1) is 5.57 Å². The highest BCUT2D eigenvalue weighted by Crippen LogP contribution is 2.28. The minimum atomic E-state index is -1.22. The predicted octanol–water partition coefficient (Wildman–Crippen LogP) is 1.75. The molecular weight excluding hydrogens is 248 g/mol. The lowest BCUT2D eigenvalue weighted by atomic mass is 9.88. The first-order chi connectivity index (χ1) is 8.93. The summed E-state index contributed by atoms with van der Waals surface area (Å²) in [5, 5.41) is 18.8. The van der Waals surface area contributed by atoms with E-state index in [1.807, 2.05) is 0 Å². The molecule has 0 atom stereocenters. The highest BCUT2D eigenvalue weighted by atomic mass is 16.4. The topological polar surface area (TPSA) is 91.7 Å². The Morgan fingerprint density at radius 2 is 1.68 bits per heavy atom. The van der Waals surface area contributed by atoms with Gasteiger partial charge in [0, 0.05) is 16.7 Å². The van der Waals surface area contributed by atoms with Crippen LogP contribution in [0.1, 0.15) is 22.8 Å². The number of carboxylic acid groups (broad SMARTS) is 1. The Bertz CT molecular complexity index is 664. The van der Waals surface area contributed by atoms with E-state index >= 15 is 0 Å². The second-order valence-corrected chi connectivity index (χ2v) is 4.10. The Kier molecular flexibility index (Phi) is 3.04. The van der Waals surface area contributed by atoms with Crippen molar-refractivity contribution in [2.45, 2.75) is 6.92 Å². The number of ketones is 2. The van der Waals surface area contributed by atoms with Gasteiger partial charge >= 0.3 is 5.97 Å². The largest absolute Gasteiger partial charge is 0.507 e. The molecule has 96 valence electrons. The summed E-state index contributed by atoms with van der Waals surface area (Å²) in [5.41, 5.74) is -0.0719. The number of allylic oxidation sites excluding steroid dienone is 2. The normalized spacial score (nSPS) is 15.5. The summed E-state index contributed by atoms with van der Waals surface area (Å²) in [6.07, 6.45) is 1.01. The molecule has 0 saturated heterocycles. The smallest absolute Gasteiger partial charge is 0.331 e. The van der Waals surface area contributed by atoms with E-state index in [0.717, 1.165) is 6.08 Å². The van der Waals surface area contributed by atoms with Crippen LogP contribution in [0.2, 0.25) is 0 Å². The zero-order valence-corrected chi connectivity index (χ0v) is 10.0. The number of Topliss-reactive ketones (excluding diaryl/α,β-unsaturated/α-hetero) is 2. The molecule has 0 spiro atoms. The van der Waals surface area contributed by atoms with E-state index in [9.17, 15) is 19.5 Å². The number of carbonyl (C=O) groups is 3. The minimum Gasteiger partial charge on any atom is -0.507 e. The predicted molar refractivity (Wildman–Crippen MR) is 66.7 cm³/mol. The van der Waals surface area contributed by atoms with Crippen molar-refractivity contribution in [3.8, 4) is 0 Å². The van der Waals surface area contributed by atoms with Crippen molar-refractivity contribution >= 4 is 23.3 Å². The van der Waals surface area contributed by atoms with E-state index in [2.05, 4.69) is 0 Å². The maximum absolute atomic E-state index is 11.9. The zero-order chi connectivity index (χ0) is 14.2. The van der Waals surface area contributed by atoms with Crippen LogP contribution in [0.4, 0.5) is 0 Å². The molecule has 1 aliphatic carbocycles. The molecule has 5 nitrogen and oxygen atoms in total. The first kappa shape index (κ1) is 12.8. The van der Waals surface area contributed by atoms with Crippen molar-refractivity contribution < 1.29 is 24.6 Å². The number of fused-ring (bicyclic) bond motifs is 1. The maximum Gasteiger partial charge on any atom is 0.331 e. The van der Waals surface area contributed by atoms with Crippen LogP contribution in [0, 0.1) is 0 Å². The second kappa shape index (κ2) is 4.53. The van der Waals surface area contributed by atoms with Gasteiger partial charge < -0.3 is 10.2 Å². The molecule has 1 aromatic carbocycles. The molecule has 0 bridgehead atoms. The summed E-state index contributed by atoms with van der Waals surface area (Å²) in [7, 11) is 0. The van der Waals surface area contributed by atoms with Crippen LogP contribution in [-0.2, 0) is 9.59 Å².